The number of aromatic amines is 1. The van der Waals surface area contributed by atoms with E-state index in [2.05, 4.69) is 19.9 Å². The number of fused-ring (bicyclic) bond motifs is 3. The van der Waals surface area contributed by atoms with Gasteiger partial charge in [0.2, 0.25) is 10.5 Å². The average molecular weight is 451 g/mol. The average Bonchev–Trinajstić information content (AvgIpc) is 3.16. The molecule has 0 saturated heterocycles. The van der Waals surface area contributed by atoms with Crippen LogP contribution in [0.3, 0.4) is 0 Å². The van der Waals surface area contributed by atoms with Crippen molar-refractivity contribution in [2.45, 2.75) is 4.90 Å². The molecule has 3 heterocycles. The van der Waals surface area contributed by atoms with Crippen molar-refractivity contribution in [2.24, 2.45) is 0 Å². The highest BCUT2D eigenvalue weighted by Crippen LogP contribution is 2.19. The zero-order valence-electron chi connectivity index (χ0n) is 15.8. The minimum absolute atomic E-state index is 0.0330. The van der Waals surface area contributed by atoms with E-state index in [9.17, 15) is 13.2 Å². The van der Waals surface area contributed by atoms with E-state index in [1.807, 2.05) is 6.07 Å². The Balaban J connectivity index is 1.64. The third-order valence-electron chi connectivity index (χ3n) is 4.74. The number of hydrogen-bond donors (Lipinski definition) is 2. The number of hydrogen-bond acceptors (Lipinski definition) is 6. The van der Waals surface area contributed by atoms with Gasteiger partial charge in [0, 0.05) is 6.20 Å². The Morgan fingerprint density at radius 2 is 1.71 bits per heavy atom. The summed E-state index contributed by atoms with van der Waals surface area (Å²) < 4.78 is 31.1. The summed E-state index contributed by atoms with van der Waals surface area (Å²) in [6.45, 7) is 0. The predicted molar refractivity (Wildman–Crippen MR) is 119 cm³/mol. The molecule has 31 heavy (non-hydrogen) atoms. The molecule has 0 atom stereocenters. The minimum atomic E-state index is -3.84. The van der Waals surface area contributed by atoms with Crippen LogP contribution in [-0.2, 0) is 10.0 Å². The van der Waals surface area contributed by atoms with Crippen LogP contribution in [0.15, 0.2) is 82.6 Å². The van der Waals surface area contributed by atoms with E-state index in [4.69, 9.17) is 12.2 Å². The molecule has 0 bridgehead atoms. The first-order chi connectivity index (χ1) is 15.0. The second-order valence-corrected chi connectivity index (χ2v) is 8.71. The van der Waals surface area contributed by atoms with E-state index in [-0.39, 0.29) is 16.3 Å². The summed E-state index contributed by atoms with van der Waals surface area (Å²) in [7, 11) is -3.84. The van der Waals surface area contributed by atoms with Crippen LogP contribution < -0.4 is 10.3 Å². The van der Waals surface area contributed by atoms with Crippen molar-refractivity contribution < 1.29 is 8.42 Å². The number of pyridine rings is 1. The summed E-state index contributed by atoms with van der Waals surface area (Å²) in [6, 6.07) is 17.9. The lowest BCUT2D eigenvalue weighted by Crippen LogP contribution is -2.22. The fraction of sp³-hybridized carbons (Fsp3) is 0. The van der Waals surface area contributed by atoms with Crippen molar-refractivity contribution in [2.75, 3.05) is 4.72 Å². The van der Waals surface area contributed by atoms with Crippen LogP contribution in [0.4, 0.5) is 5.82 Å². The maximum Gasteiger partial charge on any atom is 0.267 e. The van der Waals surface area contributed by atoms with Crippen molar-refractivity contribution in [3.8, 4) is 5.69 Å². The maximum absolute atomic E-state index is 13.2. The quantitative estimate of drug-likeness (QED) is 0.407. The standard InChI is InChI=1S/C20H14N6O3S2/c27-18-15-5-1-2-6-16(15)26-19(22-23-20(26)30)25(18)13-8-10-14(11-9-13)31(28,29)24-17-7-3-4-12-21-17/h1-12H,(H,21,24)(H,23,30). The molecular formula is C20H14N6O3S2. The molecular weight excluding hydrogens is 436 g/mol. The lowest BCUT2D eigenvalue weighted by molar-refractivity contribution is 0.601. The monoisotopic (exact) mass is 450 g/mol. The first kappa shape index (κ1) is 19.2. The summed E-state index contributed by atoms with van der Waals surface area (Å²) in [5, 5.41) is 7.37. The number of para-hydroxylation sites is 1. The number of nitrogens with zero attached hydrogens (tertiary/aromatic N) is 4. The zero-order chi connectivity index (χ0) is 21.6. The maximum atomic E-state index is 13.2. The zero-order valence-corrected chi connectivity index (χ0v) is 17.4. The van der Waals surface area contributed by atoms with Gasteiger partial charge in [-0.15, -0.1) is 5.10 Å². The normalized spacial score (nSPS) is 11.7. The highest BCUT2D eigenvalue weighted by molar-refractivity contribution is 7.92. The van der Waals surface area contributed by atoms with E-state index in [0.717, 1.165) is 0 Å². The Morgan fingerprint density at radius 3 is 2.45 bits per heavy atom. The summed E-state index contributed by atoms with van der Waals surface area (Å²) in [6.07, 6.45) is 1.49. The largest absolute Gasteiger partial charge is 0.268 e. The lowest BCUT2D eigenvalue weighted by atomic mass is 10.2. The third kappa shape index (κ3) is 3.20. The van der Waals surface area contributed by atoms with Gasteiger partial charge >= 0.3 is 0 Å². The molecule has 9 nitrogen and oxygen atoms in total. The topological polar surface area (TPSA) is 114 Å². The highest BCUT2D eigenvalue weighted by Gasteiger charge is 2.17. The van der Waals surface area contributed by atoms with Crippen molar-refractivity contribution in [3.63, 3.8) is 0 Å². The van der Waals surface area contributed by atoms with Crippen LogP contribution in [0.2, 0.25) is 0 Å². The molecule has 2 aromatic carbocycles. The number of rotatable bonds is 4. The Kier molecular flexibility index (Phi) is 4.41. The molecule has 5 aromatic rings. The van der Waals surface area contributed by atoms with Crippen LogP contribution >= 0.6 is 12.2 Å². The molecule has 0 aliphatic rings. The van der Waals surface area contributed by atoms with Gasteiger partial charge in [-0.2, -0.15) is 0 Å². The Hall–Kier alpha value is -3.83. The van der Waals surface area contributed by atoms with E-state index in [1.54, 1.807) is 52.9 Å². The number of nitrogens with one attached hydrogen (secondary N) is 2. The fourth-order valence-electron chi connectivity index (χ4n) is 3.34. The molecule has 0 aliphatic carbocycles. The first-order valence-corrected chi connectivity index (χ1v) is 11.0. The molecule has 11 heteroatoms. The van der Waals surface area contributed by atoms with Gasteiger partial charge in [0.1, 0.15) is 5.82 Å². The van der Waals surface area contributed by atoms with Crippen LogP contribution in [0.5, 0.6) is 0 Å². The second kappa shape index (κ2) is 7.15. The summed E-state index contributed by atoms with van der Waals surface area (Å²) >= 11 is 5.34. The van der Waals surface area contributed by atoms with E-state index >= 15 is 0 Å². The Morgan fingerprint density at radius 1 is 0.968 bits per heavy atom. The van der Waals surface area contributed by atoms with Gasteiger partial charge in [-0.3, -0.25) is 13.9 Å². The van der Waals surface area contributed by atoms with Gasteiger partial charge in [0.25, 0.3) is 15.6 Å². The summed E-state index contributed by atoms with van der Waals surface area (Å²) in [4.78, 5) is 17.2. The van der Waals surface area contributed by atoms with Gasteiger partial charge < -0.3 is 0 Å². The van der Waals surface area contributed by atoms with Crippen LogP contribution in [0, 0.1) is 4.77 Å². The number of sulfonamides is 1. The number of anilines is 1. The Labute approximate surface area is 180 Å². The van der Waals surface area contributed by atoms with Crippen LogP contribution in [-0.4, -0.2) is 32.6 Å². The van der Waals surface area contributed by atoms with Crippen molar-refractivity contribution in [1.82, 2.24) is 24.1 Å². The number of aromatic nitrogens is 5. The fourth-order valence-corrected chi connectivity index (χ4v) is 4.58. The lowest BCUT2D eigenvalue weighted by Gasteiger charge is -2.11. The Bertz CT molecular complexity index is 1650. The molecule has 154 valence electrons. The van der Waals surface area contributed by atoms with Gasteiger partial charge in [0.15, 0.2) is 0 Å². The highest BCUT2D eigenvalue weighted by atomic mass is 32.2. The molecule has 2 N–H and O–H groups in total. The molecule has 0 spiro atoms. The molecule has 0 radical (unpaired) electrons. The number of benzene rings is 2. The second-order valence-electron chi connectivity index (χ2n) is 6.64. The minimum Gasteiger partial charge on any atom is -0.268 e. The molecule has 0 unspecified atom stereocenters. The molecule has 0 aliphatic heterocycles. The van der Waals surface area contributed by atoms with Crippen molar-refractivity contribution in [1.29, 1.82) is 0 Å². The summed E-state index contributed by atoms with van der Waals surface area (Å²) in [5.41, 5.74) is 0.794. The first-order valence-electron chi connectivity index (χ1n) is 9.11. The smallest absolute Gasteiger partial charge is 0.267 e. The molecule has 3 aromatic heterocycles. The molecule has 0 amide bonds. The molecule has 5 rings (SSSR count). The molecule has 0 saturated carbocycles. The molecule has 0 fully saturated rings. The van der Waals surface area contributed by atoms with Crippen molar-refractivity contribution in [3.05, 3.63) is 88.1 Å². The SMILES string of the molecule is O=c1c2ccccc2n2c(=S)[nH]nc2n1-c1ccc(S(=O)(=O)Nc2ccccn2)cc1. The summed E-state index contributed by atoms with van der Waals surface area (Å²) in [5.74, 6) is 0.515. The van der Waals surface area contributed by atoms with Gasteiger partial charge in [-0.1, -0.05) is 18.2 Å². The van der Waals surface area contributed by atoms with Crippen LogP contribution in [0.25, 0.3) is 22.4 Å². The van der Waals surface area contributed by atoms with Crippen molar-refractivity contribution >= 4 is 44.7 Å². The predicted octanol–water partition coefficient (Wildman–Crippen LogP) is 2.89. The van der Waals surface area contributed by atoms with Gasteiger partial charge in [-0.05, 0) is 60.7 Å². The number of H-pyrrole nitrogens is 1. The van der Waals surface area contributed by atoms with Crippen LogP contribution in [0.1, 0.15) is 0 Å². The third-order valence-corrected chi connectivity index (χ3v) is 6.39. The van der Waals surface area contributed by atoms with E-state index in [1.165, 1.54) is 22.9 Å². The van der Waals surface area contributed by atoms with Gasteiger partial charge in [-0.25, -0.2) is 23.1 Å². The van der Waals surface area contributed by atoms with Gasteiger partial charge in [0.05, 0.1) is 21.5 Å². The van der Waals surface area contributed by atoms with E-state index < -0.39 is 10.0 Å². The van der Waals surface area contributed by atoms with E-state index in [0.29, 0.717) is 27.1 Å².